The van der Waals surface area contributed by atoms with Crippen LogP contribution in [0.2, 0.25) is 0 Å². The fourth-order valence-electron chi connectivity index (χ4n) is 4.06. The van der Waals surface area contributed by atoms with E-state index in [-0.39, 0.29) is 29.1 Å². The third kappa shape index (κ3) is 4.51. The molecular formula is C24H23FN2O4. The highest BCUT2D eigenvalue weighted by Gasteiger charge is 2.38. The van der Waals surface area contributed by atoms with E-state index in [1.165, 1.54) is 19.2 Å². The minimum absolute atomic E-state index is 0.0955. The number of rotatable bonds is 5. The average Bonchev–Trinajstić information content (AvgIpc) is 3.16. The molecule has 0 unspecified atom stereocenters. The summed E-state index contributed by atoms with van der Waals surface area (Å²) in [6.45, 7) is 0.852. The largest absolute Gasteiger partial charge is 0.507 e. The lowest BCUT2D eigenvalue weighted by Crippen LogP contribution is -2.37. The standard InChI is InChI=1S/C24H23FN2O4/c1-31-24(30)21-12-19(14-27(21)13-15-6-8-18(25)9-7-15)26-23(29)20-10-16-4-2-3-5-17(16)11-22(20)28/h2-11,19,21,28H,12-14H2,1H3,(H,26,29)/t19-,21-/m0/s1. The van der Waals surface area contributed by atoms with Crippen molar-refractivity contribution < 1.29 is 23.8 Å². The summed E-state index contributed by atoms with van der Waals surface area (Å²) in [7, 11) is 1.33. The molecule has 2 N–H and O–H groups in total. The fourth-order valence-corrected chi connectivity index (χ4v) is 4.06. The van der Waals surface area contributed by atoms with E-state index in [1.807, 2.05) is 29.2 Å². The second-order valence-corrected chi connectivity index (χ2v) is 7.72. The molecule has 3 aromatic carbocycles. The molecule has 7 heteroatoms. The van der Waals surface area contributed by atoms with Crippen LogP contribution in [0.3, 0.4) is 0 Å². The van der Waals surface area contributed by atoms with Crippen LogP contribution in [0, 0.1) is 5.82 Å². The Bertz CT molecular complexity index is 1120. The van der Waals surface area contributed by atoms with Gasteiger partial charge in [-0.15, -0.1) is 0 Å². The second-order valence-electron chi connectivity index (χ2n) is 7.72. The number of methoxy groups -OCH3 is 1. The molecule has 1 saturated heterocycles. The molecule has 4 rings (SSSR count). The van der Waals surface area contributed by atoms with E-state index < -0.39 is 11.9 Å². The number of benzene rings is 3. The van der Waals surface area contributed by atoms with Crippen molar-refractivity contribution in [3.63, 3.8) is 0 Å². The first-order valence-corrected chi connectivity index (χ1v) is 10.0. The molecule has 2 atom stereocenters. The molecule has 0 radical (unpaired) electrons. The van der Waals surface area contributed by atoms with E-state index in [0.29, 0.717) is 19.5 Å². The van der Waals surface area contributed by atoms with Gasteiger partial charge in [-0.1, -0.05) is 36.4 Å². The molecule has 1 amide bonds. The van der Waals surface area contributed by atoms with Crippen LogP contribution in [-0.2, 0) is 16.1 Å². The first kappa shape index (κ1) is 20.8. The van der Waals surface area contributed by atoms with Crippen molar-refractivity contribution in [2.75, 3.05) is 13.7 Å². The smallest absolute Gasteiger partial charge is 0.323 e. The number of ether oxygens (including phenoxy) is 1. The highest BCUT2D eigenvalue weighted by atomic mass is 19.1. The van der Waals surface area contributed by atoms with Crippen molar-refractivity contribution in [1.29, 1.82) is 0 Å². The zero-order valence-electron chi connectivity index (χ0n) is 17.0. The zero-order valence-corrected chi connectivity index (χ0v) is 17.0. The molecule has 31 heavy (non-hydrogen) atoms. The Balaban J connectivity index is 1.50. The minimum Gasteiger partial charge on any atom is -0.507 e. The first-order chi connectivity index (χ1) is 14.9. The molecule has 0 bridgehead atoms. The number of fused-ring (bicyclic) bond motifs is 1. The molecule has 1 aliphatic heterocycles. The quantitative estimate of drug-likeness (QED) is 0.618. The summed E-state index contributed by atoms with van der Waals surface area (Å²) in [5.41, 5.74) is 1.04. The number of phenolic OH excluding ortho intramolecular Hbond substituents is 1. The van der Waals surface area contributed by atoms with Crippen molar-refractivity contribution in [1.82, 2.24) is 10.2 Å². The van der Waals surface area contributed by atoms with E-state index >= 15 is 0 Å². The highest BCUT2D eigenvalue weighted by molar-refractivity contribution is 6.01. The fraction of sp³-hybridized carbons (Fsp3) is 0.250. The Kier molecular flexibility index (Phi) is 5.86. The normalized spacial score (nSPS) is 18.8. The summed E-state index contributed by atoms with van der Waals surface area (Å²) in [6.07, 6.45) is 0.383. The molecule has 6 nitrogen and oxygen atoms in total. The summed E-state index contributed by atoms with van der Waals surface area (Å²) in [4.78, 5) is 27.1. The number of aromatic hydroxyl groups is 1. The van der Waals surface area contributed by atoms with Gasteiger partial charge in [-0.3, -0.25) is 14.5 Å². The molecule has 160 valence electrons. The topological polar surface area (TPSA) is 78.9 Å². The molecule has 1 aliphatic rings. The van der Waals surface area contributed by atoms with Crippen LogP contribution in [0.15, 0.2) is 60.7 Å². The van der Waals surface area contributed by atoms with Crippen LogP contribution in [0.4, 0.5) is 4.39 Å². The van der Waals surface area contributed by atoms with Gasteiger partial charge in [0.25, 0.3) is 5.91 Å². The highest BCUT2D eigenvalue weighted by Crippen LogP contribution is 2.26. The summed E-state index contributed by atoms with van der Waals surface area (Å²) >= 11 is 0. The molecule has 3 aromatic rings. The average molecular weight is 422 g/mol. The number of amides is 1. The van der Waals surface area contributed by atoms with Gasteiger partial charge in [0.1, 0.15) is 17.6 Å². The molecule has 0 spiro atoms. The monoisotopic (exact) mass is 422 g/mol. The SMILES string of the molecule is COC(=O)[C@@H]1C[C@H](NC(=O)c2cc3ccccc3cc2O)CN1Cc1ccc(F)cc1. The van der Waals surface area contributed by atoms with Crippen molar-refractivity contribution in [3.05, 3.63) is 77.6 Å². The third-order valence-corrected chi connectivity index (χ3v) is 5.62. The lowest BCUT2D eigenvalue weighted by atomic mass is 10.0. The van der Waals surface area contributed by atoms with E-state index in [9.17, 15) is 19.1 Å². The number of likely N-dealkylation sites (tertiary alicyclic amines) is 1. The summed E-state index contributed by atoms with van der Waals surface area (Å²) in [5, 5.41) is 14.9. The van der Waals surface area contributed by atoms with Crippen LogP contribution < -0.4 is 5.32 Å². The maximum absolute atomic E-state index is 13.2. The molecule has 0 aromatic heterocycles. The van der Waals surface area contributed by atoms with Gasteiger partial charge >= 0.3 is 5.97 Å². The molecule has 0 saturated carbocycles. The summed E-state index contributed by atoms with van der Waals surface area (Å²) in [6, 6.07) is 16.0. The number of hydrogen-bond donors (Lipinski definition) is 2. The number of phenols is 1. The number of halogens is 1. The van der Waals surface area contributed by atoms with Gasteiger partial charge < -0.3 is 15.2 Å². The lowest BCUT2D eigenvalue weighted by molar-refractivity contribution is -0.146. The Morgan fingerprint density at radius 3 is 2.48 bits per heavy atom. The van der Waals surface area contributed by atoms with E-state index in [2.05, 4.69) is 5.32 Å². The predicted octanol–water partition coefficient (Wildman–Crippen LogP) is 3.23. The maximum atomic E-state index is 13.2. The zero-order chi connectivity index (χ0) is 22.0. The Morgan fingerprint density at radius 1 is 1.13 bits per heavy atom. The summed E-state index contributed by atoms with van der Waals surface area (Å²) in [5.74, 6) is -1.20. The molecule has 1 fully saturated rings. The van der Waals surface area contributed by atoms with Crippen LogP contribution in [0.5, 0.6) is 5.75 Å². The van der Waals surface area contributed by atoms with Gasteiger partial charge in [0.15, 0.2) is 0 Å². The van der Waals surface area contributed by atoms with Crippen LogP contribution in [0.25, 0.3) is 10.8 Å². The van der Waals surface area contributed by atoms with Crippen molar-refractivity contribution in [3.8, 4) is 5.75 Å². The Labute approximate surface area is 179 Å². The number of nitrogens with one attached hydrogen (secondary N) is 1. The second kappa shape index (κ2) is 8.73. The number of carbonyl (C=O) groups is 2. The van der Waals surface area contributed by atoms with Crippen molar-refractivity contribution in [2.24, 2.45) is 0 Å². The van der Waals surface area contributed by atoms with E-state index in [0.717, 1.165) is 16.3 Å². The van der Waals surface area contributed by atoms with Crippen molar-refractivity contribution >= 4 is 22.6 Å². The Morgan fingerprint density at radius 2 is 1.81 bits per heavy atom. The van der Waals surface area contributed by atoms with Crippen molar-refractivity contribution in [2.45, 2.75) is 25.0 Å². The third-order valence-electron chi connectivity index (χ3n) is 5.62. The van der Waals surface area contributed by atoms with Gasteiger partial charge in [0.2, 0.25) is 0 Å². The van der Waals surface area contributed by atoms with Gasteiger partial charge in [-0.05, 0) is 47.0 Å². The van der Waals surface area contributed by atoms with Gasteiger partial charge in [0.05, 0.1) is 12.7 Å². The van der Waals surface area contributed by atoms with Gasteiger partial charge in [-0.25, -0.2) is 4.39 Å². The maximum Gasteiger partial charge on any atom is 0.323 e. The molecule has 1 heterocycles. The molecular weight excluding hydrogens is 399 g/mol. The van der Waals surface area contributed by atoms with E-state index in [4.69, 9.17) is 4.74 Å². The Hall–Kier alpha value is -3.45. The molecule has 0 aliphatic carbocycles. The van der Waals surface area contributed by atoms with Crippen LogP contribution >= 0.6 is 0 Å². The number of hydrogen-bond acceptors (Lipinski definition) is 5. The van der Waals surface area contributed by atoms with E-state index in [1.54, 1.807) is 24.3 Å². The van der Waals surface area contributed by atoms with Crippen LogP contribution in [0.1, 0.15) is 22.3 Å². The number of carbonyl (C=O) groups excluding carboxylic acids is 2. The van der Waals surface area contributed by atoms with Gasteiger partial charge in [-0.2, -0.15) is 0 Å². The lowest BCUT2D eigenvalue weighted by Gasteiger charge is -2.22. The number of nitrogens with zero attached hydrogens (tertiary/aromatic N) is 1. The predicted molar refractivity (Wildman–Crippen MR) is 114 cm³/mol. The number of esters is 1. The first-order valence-electron chi connectivity index (χ1n) is 10.0. The van der Waals surface area contributed by atoms with Crippen LogP contribution in [-0.4, -0.2) is 47.6 Å². The van der Waals surface area contributed by atoms with Gasteiger partial charge in [0, 0.05) is 19.1 Å². The summed E-state index contributed by atoms with van der Waals surface area (Å²) < 4.78 is 18.1. The minimum atomic E-state index is -0.523.